The van der Waals surface area contributed by atoms with Gasteiger partial charge in [0.2, 0.25) is 5.69 Å². The summed E-state index contributed by atoms with van der Waals surface area (Å²) in [4.78, 5) is 28.7. The fourth-order valence-electron chi connectivity index (χ4n) is 2.68. The average molecular weight is 340 g/mol. The van der Waals surface area contributed by atoms with Gasteiger partial charge in [0.05, 0.1) is 12.5 Å². The zero-order valence-electron chi connectivity index (χ0n) is 12.9. The van der Waals surface area contributed by atoms with Gasteiger partial charge in [-0.2, -0.15) is 4.39 Å². The summed E-state index contributed by atoms with van der Waals surface area (Å²) in [6.45, 7) is 1.30. The van der Waals surface area contributed by atoms with E-state index in [-0.39, 0.29) is 43.0 Å². The molecule has 9 heteroatoms. The van der Waals surface area contributed by atoms with Crippen molar-refractivity contribution in [2.75, 3.05) is 0 Å². The van der Waals surface area contributed by atoms with E-state index in [0.29, 0.717) is 16.8 Å². The molecule has 0 fully saturated rings. The number of hydrogen-bond acceptors (Lipinski definition) is 6. The number of aromatic nitrogens is 1. The number of aromatic amines is 1. The topological polar surface area (TPSA) is 133 Å². The van der Waals surface area contributed by atoms with Crippen LogP contribution in [-0.4, -0.2) is 22.2 Å². The second-order valence-electron chi connectivity index (χ2n) is 5.56. The number of rotatable bonds is 7. The van der Waals surface area contributed by atoms with Gasteiger partial charge < -0.3 is 25.7 Å². The highest BCUT2D eigenvalue weighted by molar-refractivity contribution is 5.90. The number of carboxylic acids is 1. The average Bonchev–Trinajstić information content (AvgIpc) is 2.95. The first-order chi connectivity index (χ1) is 11.3. The molecule has 0 saturated heterocycles. The smallest absolute Gasteiger partial charge is 0.329 e. The Morgan fingerprint density at radius 1 is 1.50 bits per heavy atom. The molecule has 0 unspecified atom stereocenters. The maximum atomic E-state index is 13.1. The SMILES string of the molecule is Cc1[nH+]cc(CO[O-])c(CNC2=C(C(=O)F)C[C@H](C(=O)O)C2)c1O. The third-order valence-corrected chi connectivity index (χ3v) is 4.04. The maximum absolute atomic E-state index is 13.1. The number of aromatic hydroxyl groups is 1. The van der Waals surface area contributed by atoms with Crippen molar-refractivity contribution >= 4 is 12.0 Å². The summed E-state index contributed by atoms with van der Waals surface area (Å²) in [5, 5.41) is 32.3. The minimum atomic E-state index is -1.67. The molecule has 2 rings (SSSR count). The highest BCUT2D eigenvalue weighted by atomic mass is 19.1. The van der Waals surface area contributed by atoms with Crippen molar-refractivity contribution in [3.63, 3.8) is 0 Å². The molecule has 1 aliphatic rings. The van der Waals surface area contributed by atoms with E-state index in [1.54, 1.807) is 6.92 Å². The summed E-state index contributed by atoms with van der Waals surface area (Å²) in [5.74, 6) is -2.08. The Labute approximate surface area is 136 Å². The summed E-state index contributed by atoms with van der Waals surface area (Å²) in [7, 11) is 0. The second kappa shape index (κ2) is 7.37. The zero-order chi connectivity index (χ0) is 17.9. The van der Waals surface area contributed by atoms with Crippen LogP contribution in [-0.2, 0) is 27.6 Å². The van der Waals surface area contributed by atoms with Crippen molar-refractivity contribution in [3.8, 4) is 5.75 Å². The highest BCUT2D eigenvalue weighted by Crippen LogP contribution is 2.32. The molecule has 0 saturated carbocycles. The van der Waals surface area contributed by atoms with Crippen LogP contribution in [0.1, 0.15) is 29.7 Å². The van der Waals surface area contributed by atoms with Gasteiger partial charge in [-0.3, -0.25) is 9.59 Å². The Morgan fingerprint density at radius 3 is 2.79 bits per heavy atom. The quantitative estimate of drug-likeness (QED) is 0.351. The highest BCUT2D eigenvalue weighted by Gasteiger charge is 2.33. The van der Waals surface area contributed by atoms with Crippen LogP contribution in [0.3, 0.4) is 0 Å². The molecule has 1 aromatic rings. The molecular formula is C15H17FN2O6. The normalized spacial score (nSPS) is 17.2. The van der Waals surface area contributed by atoms with Crippen molar-refractivity contribution < 1.29 is 39.3 Å². The fraction of sp³-hybridized carbons (Fsp3) is 0.400. The molecule has 24 heavy (non-hydrogen) atoms. The van der Waals surface area contributed by atoms with Crippen LogP contribution in [0.4, 0.5) is 4.39 Å². The lowest BCUT2D eigenvalue weighted by molar-refractivity contribution is -0.695. The third kappa shape index (κ3) is 3.69. The molecule has 0 spiro atoms. The molecule has 1 aromatic heterocycles. The Kier molecular flexibility index (Phi) is 5.47. The number of halogens is 1. The van der Waals surface area contributed by atoms with E-state index >= 15 is 0 Å². The van der Waals surface area contributed by atoms with Gasteiger partial charge in [-0.15, -0.1) is 0 Å². The van der Waals surface area contributed by atoms with Crippen molar-refractivity contribution in [2.45, 2.75) is 32.9 Å². The number of carboxylic acid groups (broad SMARTS) is 1. The number of carbonyl (C=O) groups is 2. The van der Waals surface area contributed by atoms with Gasteiger partial charge in [0.25, 0.3) is 0 Å². The zero-order valence-corrected chi connectivity index (χ0v) is 12.9. The first-order valence-electron chi connectivity index (χ1n) is 7.20. The van der Waals surface area contributed by atoms with Crippen molar-refractivity contribution in [1.29, 1.82) is 0 Å². The standard InChI is InChI=1S/C15H17FN2O6/c1-7-13(19)11(9(4-17-7)6-24-23)5-18-12-3-8(15(21)22)2-10(12)14(16)20/h4,8,18-19,23H,2-3,5-6H2,1H3,(H,21,22)/t8-/m0/s1. The monoisotopic (exact) mass is 340 g/mol. The first-order valence-corrected chi connectivity index (χ1v) is 7.20. The Balaban J connectivity index is 2.23. The van der Waals surface area contributed by atoms with E-state index in [2.05, 4.69) is 15.2 Å². The molecule has 1 aliphatic carbocycles. The lowest BCUT2D eigenvalue weighted by Crippen LogP contribution is -2.20. The van der Waals surface area contributed by atoms with Gasteiger partial charge in [-0.25, -0.2) is 4.98 Å². The third-order valence-electron chi connectivity index (χ3n) is 4.04. The van der Waals surface area contributed by atoms with Crippen LogP contribution in [0, 0.1) is 12.8 Å². The predicted octanol–water partition coefficient (Wildman–Crippen LogP) is -0.359. The van der Waals surface area contributed by atoms with Crippen LogP contribution < -0.4 is 15.6 Å². The van der Waals surface area contributed by atoms with E-state index in [4.69, 9.17) is 5.11 Å². The summed E-state index contributed by atoms with van der Waals surface area (Å²) < 4.78 is 13.1. The van der Waals surface area contributed by atoms with Gasteiger partial charge in [-0.05, 0) is 6.42 Å². The molecule has 130 valence electrons. The summed E-state index contributed by atoms with van der Waals surface area (Å²) in [6.07, 6.45) is 1.30. The summed E-state index contributed by atoms with van der Waals surface area (Å²) >= 11 is 0. The van der Waals surface area contributed by atoms with E-state index < -0.39 is 17.9 Å². The lowest BCUT2D eigenvalue weighted by Gasteiger charge is -2.14. The molecule has 0 aromatic carbocycles. The van der Waals surface area contributed by atoms with Gasteiger partial charge in [-0.1, -0.05) is 0 Å². The second-order valence-corrected chi connectivity index (χ2v) is 5.56. The molecule has 4 N–H and O–H groups in total. The number of aliphatic carboxylic acids is 1. The Hall–Kier alpha value is -2.52. The van der Waals surface area contributed by atoms with Crippen molar-refractivity contribution in [1.82, 2.24) is 5.32 Å². The van der Waals surface area contributed by atoms with Crippen molar-refractivity contribution in [2.24, 2.45) is 5.92 Å². The Bertz CT molecular complexity index is 703. The Morgan fingerprint density at radius 2 is 2.21 bits per heavy atom. The van der Waals surface area contributed by atoms with Crippen LogP contribution in [0.15, 0.2) is 17.5 Å². The summed E-state index contributed by atoms with van der Waals surface area (Å²) in [5.41, 5.74) is 1.17. The van der Waals surface area contributed by atoms with E-state index in [1.807, 2.05) is 0 Å². The molecule has 1 atom stereocenters. The number of pyridine rings is 1. The maximum Gasteiger partial charge on any atom is 0.329 e. The minimum absolute atomic E-state index is 0.00752. The number of aryl methyl sites for hydroxylation is 1. The number of allylic oxidation sites excluding steroid dienone is 2. The number of H-pyrrole nitrogens is 1. The van der Waals surface area contributed by atoms with Crippen LogP contribution in [0.25, 0.3) is 0 Å². The number of carbonyl (C=O) groups excluding carboxylic acids is 1. The molecule has 0 amide bonds. The number of nitrogens with one attached hydrogen (secondary N) is 2. The van der Waals surface area contributed by atoms with Gasteiger partial charge >= 0.3 is 12.0 Å². The van der Waals surface area contributed by atoms with Gasteiger partial charge in [0, 0.05) is 42.3 Å². The van der Waals surface area contributed by atoms with Gasteiger partial charge in [0.1, 0.15) is 0 Å². The molecule has 0 radical (unpaired) electrons. The van der Waals surface area contributed by atoms with Crippen LogP contribution >= 0.6 is 0 Å². The van der Waals surface area contributed by atoms with Crippen LogP contribution in [0.5, 0.6) is 5.75 Å². The number of hydrogen-bond donors (Lipinski definition) is 3. The molecular weight excluding hydrogens is 323 g/mol. The largest absolute Gasteiger partial charge is 0.723 e. The van der Waals surface area contributed by atoms with E-state index in [0.717, 1.165) is 0 Å². The molecule has 0 aliphatic heterocycles. The lowest BCUT2D eigenvalue weighted by atomic mass is 10.1. The predicted molar refractivity (Wildman–Crippen MR) is 74.5 cm³/mol. The fourth-order valence-corrected chi connectivity index (χ4v) is 2.68. The summed E-state index contributed by atoms with van der Waals surface area (Å²) in [6, 6.07) is -1.67. The van der Waals surface area contributed by atoms with Crippen molar-refractivity contribution in [3.05, 3.63) is 34.3 Å². The van der Waals surface area contributed by atoms with Gasteiger partial charge in [0.15, 0.2) is 11.9 Å². The van der Waals surface area contributed by atoms with Crippen LogP contribution in [0.2, 0.25) is 0 Å². The molecule has 1 heterocycles. The van der Waals surface area contributed by atoms with E-state index in [9.17, 15) is 24.3 Å². The molecule has 8 nitrogen and oxygen atoms in total. The first kappa shape index (κ1) is 17.8. The minimum Gasteiger partial charge on any atom is -0.723 e. The van der Waals surface area contributed by atoms with E-state index in [1.165, 1.54) is 6.20 Å². The molecule has 0 bridgehead atoms.